The average Bonchev–Trinajstić information content (AvgIpc) is 2.78. The van der Waals surface area contributed by atoms with E-state index in [4.69, 9.17) is 10.6 Å². The van der Waals surface area contributed by atoms with Gasteiger partial charge in [0, 0.05) is 13.2 Å². The van der Waals surface area contributed by atoms with E-state index in [1.807, 2.05) is 11.6 Å². The number of nitrogens with one attached hydrogen (secondary N) is 1. The fourth-order valence-electron chi connectivity index (χ4n) is 1.94. The molecule has 2 unspecified atom stereocenters. The number of hydrogen-bond donors (Lipinski definition) is 2. The summed E-state index contributed by atoms with van der Waals surface area (Å²) in [6.45, 7) is 7.69. The first-order valence-electron chi connectivity index (χ1n) is 6.24. The van der Waals surface area contributed by atoms with Crippen LogP contribution in [0.2, 0.25) is 0 Å². The summed E-state index contributed by atoms with van der Waals surface area (Å²) in [6.07, 6.45) is 3.69. The molecular formula is C11H23N5O. The van der Waals surface area contributed by atoms with Gasteiger partial charge in [-0.05, 0) is 19.8 Å². The molecule has 1 aromatic rings. The van der Waals surface area contributed by atoms with Crippen LogP contribution in [-0.2, 0) is 11.3 Å². The van der Waals surface area contributed by atoms with E-state index < -0.39 is 0 Å². The highest BCUT2D eigenvalue weighted by Gasteiger charge is 2.24. The molecule has 3 N–H and O–H groups in total. The van der Waals surface area contributed by atoms with Crippen molar-refractivity contribution in [2.75, 3.05) is 6.61 Å². The first-order chi connectivity index (χ1) is 8.28. The van der Waals surface area contributed by atoms with Crippen LogP contribution in [0.4, 0.5) is 0 Å². The van der Waals surface area contributed by atoms with Crippen LogP contribution >= 0.6 is 0 Å². The zero-order chi connectivity index (χ0) is 12.7. The van der Waals surface area contributed by atoms with Crippen LogP contribution in [0.25, 0.3) is 0 Å². The summed E-state index contributed by atoms with van der Waals surface area (Å²) in [5.74, 6) is 5.64. The zero-order valence-corrected chi connectivity index (χ0v) is 10.9. The number of ether oxygens (including phenoxy) is 1. The van der Waals surface area contributed by atoms with Crippen LogP contribution in [0.15, 0.2) is 6.20 Å². The molecule has 0 radical (unpaired) electrons. The van der Waals surface area contributed by atoms with Crippen molar-refractivity contribution < 1.29 is 4.74 Å². The quantitative estimate of drug-likeness (QED) is 0.524. The van der Waals surface area contributed by atoms with Crippen molar-refractivity contribution in [3.05, 3.63) is 11.9 Å². The van der Waals surface area contributed by atoms with Gasteiger partial charge in [0.15, 0.2) is 0 Å². The molecule has 2 atom stereocenters. The molecule has 1 rings (SSSR count). The molecule has 0 aliphatic rings. The minimum absolute atomic E-state index is 0.0408. The van der Waals surface area contributed by atoms with E-state index in [1.54, 1.807) is 6.20 Å². The molecule has 0 saturated heterocycles. The fourth-order valence-corrected chi connectivity index (χ4v) is 1.94. The molecule has 0 aromatic carbocycles. The van der Waals surface area contributed by atoms with E-state index in [9.17, 15) is 0 Å². The highest BCUT2D eigenvalue weighted by Crippen LogP contribution is 2.20. The maximum absolute atomic E-state index is 5.69. The number of hydrogen-bond acceptors (Lipinski definition) is 5. The standard InChI is InChI=1S/C11H23N5O/c1-4-7-16-9(8-13-15-16)11(14-12)10(5-2)17-6-3/h8,10-11,14H,4-7,12H2,1-3H3. The summed E-state index contributed by atoms with van der Waals surface area (Å²) in [5, 5.41) is 8.02. The lowest BCUT2D eigenvalue weighted by molar-refractivity contribution is 0.0291. The van der Waals surface area contributed by atoms with Gasteiger partial charge in [-0.15, -0.1) is 5.10 Å². The van der Waals surface area contributed by atoms with Crippen molar-refractivity contribution in [2.45, 2.75) is 52.3 Å². The maximum Gasteiger partial charge on any atom is 0.0906 e. The molecule has 0 aliphatic carbocycles. The lowest BCUT2D eigenvalue weighted by Crippen LogP contribution is -2.39. The minimum atomic E-state index is -0.0681. The number of aromatic nitrogens is 3. The number of hydrazine groups is 1. The van der Waals surface area contributed by atoms with Gasteiger partial charge in [0.25, 0.3) is 0 Å². The van der Waals surface area contributed by atoms with Gasteiger partial charge in [0.05, 0.1) is 24.0 Å². The summed E-state index contributed by atoms with van der Waals surface area (Å²) in [4.78, 5) is 0. The number of rotatable bonds is 8. The van der Waals surface area contributed by atoms with Crippen LogP contribution < -0.4 is 11.3 Å². The normalized spacial score (nSPS) is 14.8. The lowest BCUT2D eigenvalue weighted by Gasteiger charge is -2.25. The summed E-state index contributed by atoms with van der Waals surface area (Å²) in [6, 6.07) is -0.0681. The van der Waals surface area contributed by atoms with Gasteiger partial charge in [-0.3, -0.25) is 5.84 Å². The van der Waals surface area contributed by atoms with Crippen molar-refractivity contribution >= 4 is 0 Å². The summed E-state index contributed by atoms with van der Waals surface area (Å²) < 4.78 is 7.57. The van der Waals surface area contributed by atoms with Crippen LogP contribution in [0.3, 0.4) is 0 Å². The highest BCUT2D eigenvalue weighted by molar-refractivity contribution is 5.04. The predicted molar refractivity (Wildman–Crippen MR) is 66.1 cm³/mol. The SMILES string of the molecule is CCCn1nncc1C(NN)C(CC)OCC. The second kappa shape index (κ2) is 7.37. The van der Waals surface area contributed by atoms with Crippen molar-refractivity contribution in [1.82, 2.24) is 20.4 Å². The molecular weight excluding hydrogens is 218 g/mol. The lowest BCUT2D eigenvalue weighted by atomic mass is 10.1. The van der Waals surface area contributed by atoms with Gasteiger partial charge < -0.3 is 4.74 Å². The van der Waals surface area contributed by atoms with Gasteiger partial charge in [-0.1, -0.05) is 19.1 Å². The van der Waals surface area contributed by atoms with Crippen molar-refractivity contribution in [1.29, 1.82) is 0 Å². The molecule has 6 nitrogen and oxygen atoms in total. The van der Waals surface area contributed by atoms with Gasteiger partial charge in [0.2, 0.25) is 0 Å². The van der Waals surface area contributed by atoms with E-state index in [0.717, 1.165) is 25.1 Å². The Hall–Kier alpha value is -0.980. The summed E-state index contributed by atoms with van der Waals surface area (Å²) in [5.41, 5.74) is 3.79. The molecule has 0 amide bonds. The second-order valence-corrected chi connectivity index (χ2v) is 3.93. The van der Waals surface area contributed by atoms with Crippen molar-refractivity contribution in [2.24, 2.45) is 5.84 Å². The molecule has 17 heavy (non-hydrogen) atoms. The van der Waals surface area contributed by atoms with Crippen LogP contribution in [0.1, 0.15) is 45.3 Å². The Morgan fingerprint density at radius 1 is 1.47 bits per heavy atom. The second-order valence-electron chi connectivity index (χ2n) is 3.93. The van der Waals surface area contributed by atoms with Gasteiger partial charge in [0.1, 0.15) is 0 Å². The Morgan fingerprint density at radius 3 is 2.76 bits per heavy atom. The van der Waals surface area contributed by atoms with Gasteiger partial charge in [-0.25, -0.2) is 10.1 Å². The molecule has 0 fully saturated rings. The van der Waals surface area contributed by atoms with E-state index in [0.29, 0.717) is 6.61 Å². The number of aryl methyl sites for hydroxylation is 1. The topological polar surface area (TPSA) is 78.0 Å². The minimum Gasteiger partial charge on any atom is -0.376 e. The number of nitrogens with two attached hydrogens (primary N) is 1. The third kappa shape index (κ3) is 3.49. The van der Waals surface area contributed by atoms with Gasteiger partial charge in [-0.2, -0.15) is 0 Å². The molecule has 0 spiro atoms. The van der Waals surface area contributed by atoms with Gasteiger partial charge >= 0.3 is 0 Å². The number of nitrogens with zero attached hydrogens (tertiary/aromatic N) is 3. The molecule has 0 bridgehead atoms. The Balaban J connectivity index is 2.86. The van der Waals surface area contributed by atoms with E-state index in [-0.39, 0.29) is 12.1 Å². The van der Waals surface area contributed by atoms with E-state index >= 15 is 0 Å². The van der Waals surface area contributed by atoms with Crippen LogP contribution in [0.5, 0.6) is 0 Å². The maximum atomic E-state index is 5.69. The fraction of sp³-hybridized carbons (Fsp3) is 0.818. The van der Waals surface area contributed by atoms with Crippen LogP contribution in [-0.4, -0.2) is 27.7 Å². The van der Waals surface area contributed by atoms with E-state index in [2.05, 4.69) is 29.6 Å². The first-order valence-corrected chi connectivity index (χ1v) is 6.24. The third-order valence-electron chi connectivity index (χ3n) is 2.74. The Labute approximate surface area is 102 Å². The van der Waals surface area contributed by atoms with Crippen molar-refractivity contribution in [3.8, 4) is 0 Å². The molecule has 6 heteroatoms. The smallest absolute Gasteiger partial charge is 0.0906 e. The summed E-state index contributed by atoms with van der Waals surface area (Å²) >= 11 is 0. The Kier molecular flexibility index (Phi) is 6.10. The first kappa shape index (κ1) is 14.1. The molecule has 1 heterocycles. The zero-order valence-electron chi connectivity index (χ0n) is 10.9. The summed E-state index contributed by atoms with van der Waals surface area (Å²) in [7, 11) is 0. The predicted octanol–water partition coefficient (Wildman–Crippen LogP) is 1.01. The largest absolute Gasteiger partial charge is 0.376 e. The Bertz CT molecular complexity index is 315. The third-order valence-corrected chi connectivity index (χ3v) is 2.74. The molecule has 0 saturated carbocycles. The molecule has 98 valence electrons. The van der Waals surface area contributed by atoms with Crippen LogP contribution in [0, 0.1) is 0 Å². The average molecular weight is 241 g/mol. The monoisotopic (exact) mass is 241 g/mol. The molecule has 0 aliphatic heterocycles. The highest BCUT2D eigenvalue weighted by atomic mass is 16.5. The van der Waals surface area contributed by atoms with E-state index in [1.165, 1.54) is 0 Å². The molecule has 1 aromatic heterocycles. The Morgan fingerprint density at radius 2 is 2.24 bits per heavy atom. The van der Waals surface area contributed by atoms with Crippen molar-refractivity contribution in [3.63, 3.8) is 0 Å².